The lowest BCUT2D eigenvalue weighted by Gasteiger charge is -2.23. The molecule has 0 aromatic heterocycles. The monoisotopic (exact) mass is 224 g/mol. The minimum atomic E-state index is 0.0988. The maximum atomic E-state index is 12.1. The predicted octanol–water partition coefficient (Wildman–Crippen LogP) is 1.63. The Balaban J connectivity index is 1.85. The van der Waals surface area contributed by atoms with Crippen molar-refractivity contribution in [3.05, 3.63) is 0 Å². The van der Waals surface area contributed by atoms with Crippen molar-refractivity contribution in [1.29, 1.82) is 0 Å². The van der Waals surface area contributed by atoms with Crippen molar-refractivity contribution in [3.63, 3.8) is 0 Å². The Morgan fingerprint density at radius 1 is 1.38 bits per heavy atom. The van der Waals surface area contributed by atoms with E-state index in [2.05, 4.69) is 24.1 Å². The standard InChI is InChI=1S/C13H24N2O/c1-3-14-12-7-8-15(13(12)16)9-11-6-4-5-10(11)2/h10-12,14H,3-9H2,1-2H3. The molecule has 1 aliphatic carbocycles. The fraction of sp³-hybridized carbons (Fsp3) is 0.923. The molecule has 1 N–H and O–H groups in total. The summed E-state index contributed by atoms with van der Waals surface area (Å²) in [6, 6.07) is 0.0988. The average Bonchev–Trinajstić information content (AvgIpc) is 2.80. The molecule has 3 atom stereocenters. The summed E-state index contributed by atoms with van der Waals surface area (Å²) in [7, 11) is 0. The number of rotatable bonds is 4. The normalized spacial score (nSPS) is 35.0. The fourth-order valence-electron chi connectivity index (χ4n) is 3.13. The molecule has 0 bridgehead atoms. The molecule has 3 heteroatoms. The van der Waals surface area contributed by atoms with Crippen LogP contribution in [0.4, 0.5) is 0 Å². The molecule has 92 valence electrons. The van der Waals surface area contributed by atoms with E-state index in [0.717, 1.165) is 37.9 Å². The number of carbonyl (C=O) groups is 1. The highest BCUT2D eigenvalue weighted by molar-refractivity contribution is 5.83. The van der Waals surface area contributed by atoms with Gasteiger partial charge in [0, 0.05) is 13.1 Å². The zero-order valence-electron chi connectivity index (χ0n) is 10.5. The van der Waals surface area contributed by atoms with Gasteiger partial charge < -0.3 is 10.2 Å². The summed E-state index contributed by atoms with van der Waals surface area (Å²) < 4.78 is 0. The summed E-state index contributed by atoms with van der Waals surface area (Å²) in [5.74, 6) is 1.90. The van der Waals surface area contributed by atoms with Gasteiger partial charge in [-0.2, -0.15) is 0 Å². The molecule has 3 unspecified atom stereocenters. The lowest BCUT2D eigenvalue weighted by Crippen LogP contribution is -2.40. The molecule has 1 saturated carbocycles. The van der Waals surface area contributed by atoms with E-state index >= 15 is 0 Å². The van der Waals surface area contributed by atoms with E-state index < -0.39 is 0 Å². The van der Waals surface area contributed by atoms with Gasteiger partial charge in [0.25, 0.3) is 0 Å². The molecule has 2 fully saturated rings. The first-order chi connectivity index (χ1) is 7.72. The number of likely N-dealkylation sites (N-methyl/N-ethyl adjacent to an activating group) is 1. The van der Waals surface area contributed by atoms with E-state index in [1.165, 1.54) is 19.3 Å². The second-order valence-corrected chi connectivity index (χ2v) is 5.35. The van der Waals surface area contributed by atoms with E-state index in [1.54, 1.807) is 0 Å². The van der Waals surface area contributed by atoms with Crippen LogP contribution in [0.25, 0.3) is 0 Å². The van der Waals surface area contributed by atoms with Gasteiger partial charge in [-0.05, 0) is 31.2 Å². The quantitative estimate of drug-likeness (QED) is 0.787. The first-order valence-corrected chi connectivity index (χ1v) is 6.74. The highest BCUT2D eigenvalue weighted by atomic mass is 16.2. The molecule has 0 aromatic rings. The SMILES string of the molecule is CCNC1CCN(CC2CCCC2C)C1=O. The van der Waals surface area contributed by atoms with Gasteiger partial charge in [-0.1, -0.05) is 26.7 Å². The molecular formula is C13H24N2O. The van der Waals surface area contributed by atoms with Gasteiger partial charge in [-0.15, -0.1) is 0 Å². The third kappa shape index (κ3) is 2.40. The van der Waals surface area contributed by atoms with Crippen molar-refractivity contribution in [3.8, 4) is 0 Å². The summed E-state index contributed by atoms with van der Waals surface area (Å²) in [4.78, 5) is 14.1. The Morgan fingerprint density at radius 2 is 2.19 bits per heavy atom. The Morgan fingerprint density at radius 3 is 2.81 bits per heavy atom. The number of nitrogens with zero attached hydrogens (tertiary/aromatic N) is 1. The van der Waals surface area contributed by atoms with Crippen LogP contribution in [0, 0.1) is 11.8 Å². The number of amides is 1. The molecule has 0 aromatic carbocycles. The third-order valence-corrected chi connectivity index (χ3v) is 4.24. The van der Waals surface area contributed by atoms with Crippen LogP contribution in [0.3, 0.4) is 0 Å². The summed E-state index contributed by atoms with van der Waals surface area (Å²) in [6.07, 6.45) is 5.01. The molecule has 1 aliphatic heterocycles. The molecule has 0 spiro atoms. The molecule has 0 radical (unpaired) electrons. The van der Waals surface area contributed by atoms with Crippen LogP contribution in [0.2, 0.25) is 0 Å². The van der Waals surface area contributed by atoms with Gasteiger partial charge in [0.05, 0.1) is 6.04 Å². The highest BCUT2D eigenvalue weighted by Gasteiger charge is 2.34. The van der Waals surface area contributed by atoms with Gasteiger partial charge in [0.1, 0.15) is 0 Å². The van der Waals surface area contributed by atoms with E-state index in [1.807, 2.05) is 0 Å². The Bertz CT molecular complexity index is 254. The zero-order chi connectivity index (χ0) is 11.5. The number of carbonyl (C=O) groups excluding carboxylic acids is 1. The Hall–Kier alpha value is -0.570. The van der Waals surface area contributed by atoms with Crippen molar-refractivity contribution in [2.24, 2.45) is 11.8 Å². The third-order valence-electron chi connectivity index (χ3n) is 4.24. The van der Waals surface area contributed by atoms with Crippen LogP contribution >= 0.6 is 0 Å². The molecule has 1 heterocycles. The van der Waals surface area contributed by atoms with Crippen molar-refractivity contribution >= 4 is 5.91 Å². The second-order valence-electron chi connectivity index (χ2n) is 5.35. The number of hydrogen-bond donors (Lipinski definition) is 1. The van der Waals surface area contributed by atoms with E-state index in [0.29, 0.717) is 5.91 Å². The Kier molecular flexibility index (Phi) is 3.85. The van der Waals surface area contributed by atoms with Gasteiger partial charge >= 0.3 is 0 Å². The van der Waals surface area contributed by atoms with Crippen LogP contribution in [0.5, 0.6) is 0 Å². The first kappa shape index (κ1) is 11.9. The molecule has 1 amide bonds. The van der Waals surface area contributed by atoms with E-state index in [-0.39, 0.29) is 6.04 Å². The molecule has 16 heavy (non-hydrogen) atoms. The maximum absolute atomic E-state index is 12.1. The first-order valence-electron chi connectivity index (χ1n) is 6.74. The van der Waals surface area contributed by atoms with Gasteiger partial charge in [-0.25, -0.2) is 0 Å². The van der Waals surface area contributed by atoms with Crippen LogP contribution in [0.15, 0.2) is 0 Å². The molecule has 2 aliphatic rings. The molecule has 3 nitrogen and oxygen atoms in total. The van der Waals surface area contributed by atoms with Gasteiger partial charge in [0.2, 0.25) is 5.91 Å². The van der Waals surface area contributed by atoms with Crippen LogP contribution < -0.4 is 5.32 Å². The number of hydrogen-bond acceptors (Lipinski definition) is 2. The van der Waals surface area contributed by atoms with E-state index in [4.69, 9.17) is 0 Å². The summed E-state index contributed by atoms with van der Waals surface area (Å²) >= 11 is 0. The average molecular weight is 224 g/mol. The number of likely N-dealkylation sites (tertiary alicyclic amines) is 1. The van der Waals surface area contributed by atoms with Crippen molar-refractivity contribution in [2.75, 3.05) is 19.6 Å². The predicted molar refractivity (Wildman–Crippen MR) is 65.2 cm³/mol. The zero-order valence-corrected chi connectivity index (χ0v) is 10.5. The van der Waals surface area contributed by atoms with E-state index in [9.17, 15) is 4.79 Å². The summed E-state index contributed by atoms with van der Waals surface area (Å²) in [5.41, 5.74) is 0. The topological polar surface area (TPSA) is 32.3 Å². The lowest BCUT2D eigenvalue weighted by atomic mass is 9.98. The minimum absolute atomic E-state index is 0.0988. The van der Waals surface area contributed by atoms with Crippen LogP contribution in [-0.2, 0) is 4.79 Å². The molecular weight excluding hydrogens is 200 g/mol. The fourth-order valence-corrected chi connectivity index (χ4v) is 3.13. The summed E-state index contributed by atoms with van der Waals surface area (Å²) in [6.45, 7) is 7.25. The van der Waals surface area contributed by atoms with Crippen LogP contribution in [-0.4, -0.2) is 36.5 Å². The summed E-state index contributed by atoms with van der Waals surface area (Å²) in [5, 5.41) is 3.27. The highest BCUT2D eigenvalue weighted by Crippen LogP contribution is 2.32. The van der Waals surface area contributed by atoms with Crippen molar-refractivity contribution in [2.45, 2.75) is 45.6 Å². The lowest BCUT2D eigenvalue weighted by molar-refractivity contribution is -0.130. The van der Waals surface area contributed by atoms with Crippen molar-refractivity contribution in [1.82, 2.24) is 10.2 Å². The van der Waals surface area contributed by atoms with Gasteiger partial charge in [-0.3, -0.25) is 4.79 Å². The van der Waals surface area contributed by atoms with Crippen molar-refractivity contribution < 1.29 is 4.79 Å². The smallest absolute Gasteiger partial charge is 0.239 e. The minimum Gasteiger partial charge on any atom is -0.341 e. The number of nitrogens with one attached hydrogen (secondary N) is 1. The molecule has 1 saturated heterocycles. The second kappa shape index (κ2) is 5.17. The molecule has 2 rings (SSSR count). The maximum Gasteiger partial charge on any atom is 0.239 e. The largest absolute Gasteiger partial charge is 0.341 e. The Labute approximate surface area is 98.6 Å². The van der Waals surface area contributed by atoms with Gasteiger partial charge in [0.15, 0.2) is 0 Å². The van der Waals surface area contributed by atoms with Crippen LogP contribution in [0.1, 0.15) is 39.5 Å².